The van der Waals surface area contributed by atoms with Gasteiger partial charge in [0.15, 0.2) is 0 Å². The maximum absolute atomic E-state index is 13.1. The minimum absolute atomic E-state index is 0.0473. The summed E-state index contributed by atoms with van der Waals surface area (Å²) >= 11 is 0. The summed E-state index contributed by atoms with van der Waals surface area (Å²) in [5.41, 5.74) is 1.56. The average molecular weight is 341 g/mol. The summed E-state index contributed by atoms with van der Waals surface area (Å²) in [6.07, 6.45) is 2.71. The van der Waals surface area contributed by atoms with E-state index >= 15 is 0 Å². The Morgan fingerprint density at radius 2 is 2.16 bits per heavy atom. The summed E-state index contributed by atoms with van der Waals surface area (Å²) in [5.74, 6) is 0.397. The van der Waals surface area contributed by atoms with Crippen LogP contribution in [0.25, 0.3) is 10.9 Å². The molecule has 25 heavy (non-hydrogen) atoms. The van der Waals surface area contributed by atoms with E-state index in [-0.39, 0.29) is 11.9 Å². The molecule has 134 valence electrons. The van der Waals surface area contributed by atoms with Gasteiger partial charge in [-0.25, -0.2) is 0 Å². The number of pyridine rings is 1. The van der Waals surface area contributed by atoms with Crippen LogP contribution in [0.2, 0.25) is 0 Å². The van der Waals surface area contributed by atoms with E-state index in [2.05, 4.69) is 30.9 Å². The van der Waals surface area contributed by atoms with E-state index in [1.807, 2.05) is 35.2 Å². The molecule has 2 atom stereocenters. The van der Waals surface area contributed by atoms with Gasteiger partial charge in [-0.1, -0.05) is 18.2 Å². The molecule has 1 aliphatic heterocycles. The van der Waals surface area contributed by atoms with Crippen LogP contribution in [-0.2, 0) is 4.74 Å². The predicted octanol–water partition coefficient (Wildman–Crippen LogP) is 2.66. The van der Waals surface area contributed by atoms with Gasteiger partial charge in [0.05, 0.1) is 24.3 Å². The molecule has 0 unspecified atom stereocenters. The molecule has 2 heterocycles. The van der Waals surface area contributed by atoms with Gasteiger partial charge in [0, 0.05) is 30.1 Å². The van der Waals surface area contributed by atoms with E-state index in [1.165, 1.54) is 0 Å². The van der Waals surface area contributed by atoms with Gasteiger partial charge in [-0.05, 0) is 46.1 Å². The number of amides is 1. The zero-order valence-corrected chi connectivity index (χ0v) is 15.3. The van der Waals surface area contributed by atoms with Crippen molar-refractivity contribution in [1.82, 2.24) is 14.8 Å². The van der Waals surface area contributed by atoms with Gasteiger partial charge >= 0.3 is 0 Å². The average Bonchev–Trinajstić information content (AvgIpc) is 2.80. The predicted molar refractivity (Wildman–Crippen MR) is 99.7 cm³/mol. The Hall–Kier alpha value is -1.98. The number of carbonyl (C=O) groups is 1. The van der Waals surface area contributed by atoms with Gasteiger partial charge in [0.2, 0.25) is 0 Å². The minimum Gasteiger partial charge on any atom is -0.379 e. The fourth-order valence-corrected chi connectivity index (χ4v) is 3.38. The van der Waals surface area contributed by atoms with Crippen molar-refractivity contribution in [1.29, 1.82) is 0 Å². The summed E-state index contributed by atoms with van der Waals surface area (Å²) in [6.45, 7) is 5.08. The third-order valence-corrected chi connectivity index (χ3v) is 5.03. The van der Waals surface area contributed by atoms with Crippen molar-refractivity contribution < 1.29 is 9.53 Å². The quantitative estimate of drug-likeness (QED) is 0.858. The molecule has 0 N–H and O–H groups in total. The molecule has 1 aliphatic rings. The summed E-state index contributed by atoms with van der Waals surface area (Å²) in [5, 5.41) is 0.997. The number of rotatable bonds is 4. The van der Waals surface area contributed by atoms with Crippen molar-refractivity contribution in [2.45, 2.75) is 19.4 Å². The lowest BCUT2D eigenvalue weighted by atomic mass is 9.96. The molecule has 0 saturated carbocycles. The van der Waals surface area contributed by atoms with Crippen LogP contribution in [0.15, 0.2) is 36.5 Å². The molecular weight excluding hydrogens is 314 g/mol. The van der Waals surface area contributed by atoms with Crippen LogP contribution in [0.4, 0.5) is 0 Å². The molecule has 5 heteroatoms. The first kappa shape index (κ1) is 17.8. The lowest BCUT2D eigenvalue weighted by Crippen LogP contribution is -2.43. The molecule has 0 spiro atoms. The van der Waals surface area contributed by atoms with Crippen LogP contribution in [0.1, 0.15) is 23.7 Å². The lowest BCUT2D eigenvalue weighted by molar-refractivity contribution is 0.0654. The fourth-order valence-electron chi connectivity index (χ4n) is 3.38. The van der Waals surface area contributed by atoms with Crippen molar-refractivity contribution in [2.75, 3.05) is 40.4 Å². The standard InChI is InChI=1S/C20H27N3O2/c1-15-17(8-9-22(2)3)14-25-11-10-23(15)20(24)18-12-16-6-4-5-7-19(16)21-13-18/h4-7,12-13,15,17H,8-11,14H2,1-3H3/t15-,17+/m0/s1. The van der Waals surface area contributed by atoms with E-state index in [1.54, 1.807) is 6.20 Å². The van der Waals surface area contributed by atoms with Crippen LogP contribution in [-0.4, -0.2) is 67.1 Å². The van der Waals surface area contributed by atoms with Crippen LogP contribution in [0, 0.1) is 5.92 Å². The maximum Gasteiger partial charge on any atom is 0.255 e. The highest BCUT2D eigenvalue weighted by atomic mass is 16.5. The molecule has 2 aromatic rings. The van der Waals surface area contributed by atoms with Crippen LogP contribution < -0.4 is 0 Å². The second-order valence-corrected chi connectivity index (χ2v) is 7.08. The van der Waals surface area contributed by atoms with Crippen molar-refractivity contribution in [3.63, 3.8) is 0 Å². The van der Waals surface area contributed by atoms with Gasteiger partial charge in [0.25, 0.3) is 5.91 Å². The fraction of sp³-hybridized carbons (Fsp3) is 0.500. The van der Waals surface area contributed by atoms with E-state index in [0.29, 0.717) is 24.6 Å². The molecule has 0 radical (unpaired) electrons. The number of aromatic nitrogens is 1. The Kier molecular flexibility index (Phi) is 5.66. The molecule has 1 fully saturated rings. The third-order valence-electron chi connectivity index (χ3n) is 5.03. The zero-order chi connectivity index (χ0) is 17.8. The summed E-state index contributed by atoms with van der Waals surface area (Å²) < 4.78 is 5.77. The first-order valence-electron chi connectivity index (χ1n) is 8.94. The normalized spacial score (nSPS) is 21.5. The second kappa shape index (κ2) is 7.93. The number of nitrogens with zero attached hydrogens (tertiary/aromatic N) is 3. The molecule has 0 aliphatic carbocycles. The Morgan fingerprint density at radius 1 is 1.36 bits per heavy atom. The largest absolute Gasteiger partial charge is 0.379 e. The minimum atomic E-state index is 0.0473. The summed E-state index contributed by atoms with van der Waals surface area (Å²) in [4.78, 5) is 21.7. The van der Waals surface area contributed by atoms with Gasteiger partial charge < -0.3 is 14.5 Å². The topological polar surface area (TPSA) is 45.7 Å². The molecule has 1 saturated heterocycles. The molecule has 1 amide bonds. The SMILES string of the molecule is C[C@H]1[C@H](CCN(C)C)COCCN1C(=O)c1cnc2ccccc2c1. The Morgan fingerprint density at radius 3 is 2.96 bits per heavy atom. The number of hydrogen-bond donors (Lipinski definition) is 0. The second-order valence-electron chi connectivity index (χ2n) is 7.08. The van der Waals surface area contributed by atoms with Crippen molar-refractivity contribution in [3.05, 3.63) is 42.1 Å². The highest BCUT2D eigenvalue weighted by molar-refractivity contribution is 5.97. The number of fused-ring (bicyclic) bond motifs is 1. The van der Waals surface area contributed by atoms with E-state index in [9.17, 15) is 4.79 Å². The van der Waals surface area contributed by atoms with Crippen LogP contribution >= 0.6 is 0 Å². The zero-order valence-electron chi connectivity index (χ0n) is 15.3. The van der Waals surface area contributed by atoms with Gasteiger partial charge in [-0.3, -0.25) is 9.78 Å². The number of benzene rings is 1. The van der Waals surface area contributed by atoms with Gasteiger partial charge in [-0.2, -0.15) is 0 Å². The molecule has 3 rings (SSSR count). The number of hydrogen-bond acceptors (Lipinski definition) is 4. The lowest BCUT2D eigenvalue weighted by Gasteiger charge is -2.32. The van der Waals surface area contributed by atoms with Crippen LogP contribution in [0.3, 0.4) is 0 Å². The molecule has 0 bridgehead atoms. The Bertz CT molecular complexity index is 732. The molecule has 5 nitrogen and oxygen atoms in total. The number of para-hydroxylation sites is 1. The third kappa shape index (κ3) is 4.17. The molecular formula is C20H27N3O2. The highest BCUT2D eigenvalue weighted by Gasteiger charge is 2.30. The van der Waals surface area contributed by atoms with Crippen molar-refractivity contribution in [3.8, 4) is 0 Å². The highest BCUT2D eigenvalue weighted by Crippen LogP contribution is 2.22. The first-order valence-corrected chi connectivity index (χ1v) is 8.94. The van der Waals surface area contributed by atoms with Gasteiger partial charge in [0.1, 0.15) is 0 Å². The molecule has 1 aromatic heterocycles. The monoisotopic (exact) mass is 341 g/mol. The van der Waals surface area contributed by atoms with Crippen molar-refractivity contribution >= 4 is 16.8 Å². The Labute approximate surface area is 149 Å². The van der Waals surface area contributed by atoms with Gasteiger partial charge in [-0.15, -0.1) is 0 Å². The van der Waals surface area contributed by atoms with E-state index in [4.69, 9.17) is 4.74 Å². The Balaban J connectivity index is 1.80. The van der Waals surface area contributed by atoms with Crippen LogP contribution in [0.5, 0.6) is 0 Å². The number of ether oxygens (including phenoxy) is 1. The van der Waals surface area contributed by atoms with E-state index in [0.717, 1.165) is 30.5 Å². The number of carbonyl (C=O) groups excluding carboxylic acids is 1. The maximum atomic E-state index is 13.1. The van der Waals surface area contributed by atoms with Crippen molar-refractivity contribution in [2.24, 2.45) is 5.92 Å². The molecule has 1 aromatic carbocycles. The summed E-state index contributed by atoms with van der Waals surface area (Å²) in [6, 6.07) is 9.98. The van der Waals surface area contributed by atoms with E-state index < -0.39 is 0 Å². The smallest absolute Gasteiger partial charge is 0.255 e. The summed E-state index contributed by atoms with van der Waals surface area (Å²) in [7, 11) is 4.15. The first-order chi connectivity index (χ1) is 12.1.